The van der Waals surface area contributed by atoms with Crippen molar-refractivity contribution in [2.45, 2.75) is 26.1 Å². The van der Waals surface area contributed by atoms with Gasteiger partial charge in [-0.1, -0.05) is 54.6 Å². The van der Waals surface area contributed by atoms with E-state index in [0.717, 1.165) is 16.7 Å². The molecule has 7 nitrogen and oxygen atoms in total. The van der Waals surface area contributed by atoms with Crippen LogP contribution in [-0.2, 0) is 22.5 Å². The average Bonchev–Trinajstić information content (AvgIpc) is 3.26. The number of carbonyl (C=O) groups is 2. The van der Waals surface area contributed by atoms with Gasteiger partial charge in [-0.2, -0.15) is 18.3 Å². The molecule has 0 aliphatic rings. The van der Waals surface area contributed by atoms with Crippen molar-refractivity contribution in [3.63, 3.8) is 0 Å². The summed E-state index contributed by atoms with van der Waals surface area (Å²) in [7, 11) is 0. The first-order valence-electron chi connectivity index (χ1n) is 11.6. The van der Waals surface area contributed by atoms with E-state index in [1.54, 1.807) is 6.21 Å². The van der Waals surface area contributed by atoms with Gasteiger partial charge in [0.05, 0.1) is 18.4 Å². The van der Waals surface area contributed by atoms with Gasteiger partial charge in [0.1, 0.15) is 0 Å². The highest BCUT2D eigenvalue weighted by molar-refractivity contribution is 5.91. The quantitative estimate of drug-likeness (QED) is 0.146. The Morgan fingerprint density at radius 1 is 1.00 bits per heavy atom. The van der Waals surface area contributed by atoms with Crippen LogP contribution < -0.4 is 5.84 Å². The molecular formula is C28H26F3N3O4. The lowest BCUT2D eigenvalue weighted by Gasteiger charge is -2.05. The maximum absolute atomic E-state index is 12.6. The van der Waals surface area contributed by atoms with Gasteiger partial charge in [-0.3, -0.25) is 0 Å². The largest absolute Gasteiger partial charge is 0.490 e. The zero-order chi connectivity index (χ0) is 27.7. The number of carboxylic acids is 1. The zero-order valence-corrected chi connectivity index (χ0v) is 20.5. The van der Waals surface area contributed by atoms with Crippen molar-refractivity contribution >= 4 is 28.9 Å². The number of halogens is 3. The van der Waals surface area contributed by atoms with Crippen molar-refractivity contribution in [3.05, 3.63) is 107 Å². The highest BCUT2D eigenvalue weighted by Gasteiger charge is 2.38. The summed E-state index contributed by atoms with van der Waals surface area (Å²) in [5, 5.41) is 13.1. The van der Waals surface area contributed by atoms with Crippen LogP contribution in [0.1, 0.15) is 39.5 Å². The number of hydrogen-bond donors (Lipinski definition) is 2. The molecular weight excluding hydrogens is 499 g/mol. The van der Waals surface area contributed by atoms with E-state index in [1.807, 2.05) is 55.7 Å². The number of nitrogens with two attached hydrogens (primary N) is 1. The Kier molecular flexibility index (Phi) is 9.26. The first-order valence-corrected chi connectivity index (χ1v) is 11.6. The van der Waals surface area contributed by atoms with Crippen LogP contribution >= 0.6 is 0 Å². The molecule has 0 saturated heterocycles. The lowest BCUT2D eigenvalue weighted by Crippen LogP contribution is -2.21. The van der Waals surface area contributed by atoms with Crippen LogP contribution in [0.2, 0.25) is 0 Å². The van der Waals surface area contributed by atoms with E-state index in [-0.39, 0.29) is 5.97 Å². The van der Waals surface area contributed by atoms with Crippen LogP contribution in [0.4, 0.5) is 13.2 Å². The molecule has 0 radical (unpaired) electrons. The molecule has 0 unspecified atom stereocenters. The second-order valence-electron chi connectivity index (χ2n) is 8.27. The Labute approximate surface area is 217 Å². The van der Waals surface area contributed by atoms with E-state index in [2.05, 4.69) is 40.0 Å². The van der Waals surface area contributed by atoms with Crippen LogP contribution in [0.15, 0.2) is 84.2 Å². The molecule has 1 heterocycles. The number of hydrogen-bond acceptors (Lipinski definition) is 5. The van der Waals surface area contributed by atoms with Gasteiger partial charge in [-0.25, -0.2) is 9.59 Å². The number of hydrazone groups is 1. The molecule has 0 atom stereocenters. The van der Waals surface area contributed by atoms with Crippen LogP contribution in [0, 0.1) is 0 Å². The maximum atomic E-state index is 12.6. The average molecular weight is 526 g/mol. The second-order valence-corrected chi connectivity index (χ2v) is 8.27. The van der Waals surface area contributed by atoms with Gasteiger partial charge >= 0.3 is 18.1 Å². The highest BCUT2D eigenvalue weighted by atomic mass is 19.4. The van der Waals surface area contributed by atoms with Crippen molar-refractivity contribution in [1.82, 2.24) is 4.57 Å². The number of rotatable bonds is 7. The van der Waals surface area contributed by atoms with E-state index in [9.17, 15) is 18.0 Å². The van der Waals surface area contributed by atoms with Crippen LogP contribution in [0.25, 0.3) is 10.8 Å². The third-order valence-corrected chi connectivity index (χ3v) is 5.45. The number of ether oxygens (including phenoxy) is 1. The summed E-state index contributed by atoms with van der Waals surface area (Å²) in [5.41, 5.74) is 4.71. The molecule has 1 aromatic heterocycles. The molecule has 0 spiro atoms. The SMILES string of the molecule is CCOC(=O)c1cn(Cc2ccc3ccccc3c2)cc1Cc1cccc(/C=N\N)c1.O=C(O)C(F)(F)F. The maximum Gasteiger partial charge on any atom is 0.490 e. The normalized spacial score (nSPS) is 11.3. The summed E-state index contributed by atoms with van der Waals surface area (Å²) >= 11 is 0. The number of carbonyl (C=O) groups excluding carboxylic acids is 1. The van der Waals surface area contributed by atoms with Crippen molar-refractivity contribution in [3.8, 4) is 0 Å². The van der Waals surface area contributed by atoms with Crippen LogP contribution in [0.3, 0.4) is 0 Å². The predicted molar refractivity (Wildman–Crippen MR) is 138 cm³/mol. The second kappa shape index (κ2) is 12.6. The minimum atomic E-state index is -5.08. The third kappa shape index (κ3) is 7.70. The number of carboxylic acid groups (broad SMARTS) is 1. The molecule has 0 aliphatic carbocycles. The minimum absolute atomic E-state index is 0.297. The molecule has 0 bridgehead atoms. The fraction of sp³-hybridized carbons (Fsp3) is 0.179. The molecule has 4 aromatic rings. The summed E-state index contributed by atoms with van der Waals surface area (Å²) in [6.07, 6.45) is 1.06. The number of aliphatic carboxylic acids is 1. The van der Waals surface area contributed by atoms with Crippen molar-refractivity contribution in [2.24, 2.45) is 10.9 Å². The monoisotopic (exact) mass is 525 g/mol. The number of esters is 1. The van der Waals surface area contributed by atoms with E-state index in [1.165, 1.54) is 16.3 Å². The first kappa shape index (κ1) is 28.0. The van der Waals surface area contributed by atoms with Gasteiger partial charge in [0.2, 0.25) is 0 Å². The number of fused-ring (bicyclic) bond motifs is 1. The topological polar surface area (TPSA) is 107 Å². The standard InChI is InChI=1S/C26H25N3O2.C2HF3O2/c1-2-31-26(30)25-18-29(16-21-10-11-22-8-3-4-9-23(22)14-21)17-24(25)13-19-6-5-7-20(12-19)15-28-27;3-2(4,5)1(6)7/h3-12,14-15,17-18H,2,13,16,27H2,1H3;(H,6,7)/b28-15-;. The summed E-state index contributed by atoms with van der Waals surface area (Å²) in [5.74, 6) is 2.22. The van der Waals surface area contributed by atoms with Crippen molar-refractivity contribution < 1.29 is 32.6 Å². The molecule has 10 heteroatoms. The molecule has 3 N–H and O–H groups in total. The van der Waals surface area contributed by atoms with Crippen LogP contribution in [-0.4, -0.2) is 40.6 Å². The Morgan fingerprint density at radius 3 is 2.37 bits per heavy atom. The molecule has 0 saturated carbocycles. The molecule has 198 valence electrons. The number of nitrogens with zero attached hydrogens (tertiary/aromatic N) is 2. The first-order chi connectivity index (χ1) is 18.1. The van der Waals surface area contributed by atoms with Gasteiger partial charge in [0.15, 0.2) is 0 Å². The molecule has 0 aliphatic heterocycles. The van der Waals surface area contributed by atoms with Gasteiger partial charge in [0.25, 0.3) is 0 Å². The highest BCUT2D eigenvalue weighted by Crippen LogP contribution is 2.21. The molecule has 4 rings (SSSR count). The van der Waals surface area contributed by atoms with Crippen molar-refractivity contribution in [1.29, 1.82) is 0 Å². The lowest BCUT2D eigenvalue weighted by molar-refractivity contribution is -0.192. The summed E-state index contributed by atoms with van der Waals surface area (Å²) in [6, 6.07) is 22.7. The van der Waals surface area contributed by atoms with Crippen LogP contribution in [0.5, 0.6) is 0 Å². The number of alkyl halides is 3. The molecule has 0 fully saturated rings. The van der Waals surface area contributed by atoms with E-state index >= 15 is 0 Å². The third-order valence-electron chi connectivity index (χ3n) is 5.45. The van der Waals surface area contributed by atoms with Gasteiger partial charge in [0, 0.05) is 18.9 Å². The number of aromatic nitrogens is 1. The van der Waals surface area contributed by atoms with E-state index in [4.69, 9.17) is 20.5 Å². The Bertz CT molecular complexity index is 1440. The van der Waals surface area contributed by atoms with Gasteiger partial charge in [-0.05, 0) is 58.5 Å². The zero-order valence-electron chi connectivity index (χ0n) is 20.5. The summed E-state index contributed by atoms with van der Waals surface area (Å²) in [6.45, 7) is 2.84. The smallest absolute Gasteiger partial charge is 0.475 e. The molecule has 3 aromatic carbocycles. The number of benzene rings is 3. The Balaban J connectivity index is 0.000000505. The fourth-order valence-electron chi connectivity index (χ4n) is 3.82. The van der Waals surface area contributed by atoms with Gasteiger partial charge < -0.3 is 20.3 Å². The lowest BCUT2D eigenvalue weighted by atomic mass is 10.0. The van der Waals surface area contributed by atoms with E-state index < -0.39 is 12.1 Å². The summed E-state index contributed by atoms with van der Waals surface area (Å²) < 4.78 is 39.1. The Hall–Kier alpha value is -4.60. The molecule has 0 amide bonds. The van der Waals surface area contributed by atoms with E-state index in [0.29, 0.717) is 25.1 Å². The minimum Gasteiger partial charge on any atom is -0.475 e. The Morgan fingerprint density at radius 2 is 1.71 bits per heavy atom. The fourth-order valence-corrected chi connectivity index (χ4v) is 3.82. The van der Waals surface area contributed by atoms with Gasteiger partial charge in [-0.15, -0.1) is 0 Å². The molecule has 38 heavy (non-hydrogen) atoms. The predicted octanol–water partition coefficient (Wildman–Crippen LogP) is 5.38. The van der Waals surface area contributed by atoms with Crippen molar-refractivity contribution in [2.75, 3.05) is 6.61 Å². The summed E-state index contributed by atoms with van der Waals surface area (Å²) in [4.78, 5) is 21.5.